The van der Waals surface area contributed by atoms with Gasteiger partial charge in [-0.3, -0.25) is 4.79 Å². The summed E-state index contributed by atoms with van der Waals surface area (Å²) >= 11 is 3.28. The van der Waals surface area contributed by atoms with E-state index in [2.05, 4.69) is 15.9 Å². The molecule has 0 aromatic heterocycles. The maximum Gasteiger partial charge on any atom is 0.185 e. The minimum atomic E-state index is -0.0625. The molecule has 1 aliphatic carbocycles. The first-order valence-corrected chi connectivity index (χ1v) is 8.77. The van der Waals surface area contributed by atoms with Crippen molar-refractivity contribution < 1.29 is 15.0 Å². The van der Waals surface area contributed by atoms with E-state index in [4.69, 9.17) is 7.85 Å². The van der Waals surface area contributed by atoms with Gasteiger partial charge in [0.25, 0.3) is 0 Å². The van der Waals surface area contributed by atoms with E-state index < -0.39 is 0 Å². The average molecular weight is 395 g/mol. The van der Waals surface area contributed by atoms with Crippen molar-refractivity contribution in [1.29, 1.82) is 0 Å². The predicted octanol–water partition coefficient (Wildman–Crippen LogP) is 3.87. The second-order valence-corrected chi connectivity index (χ2v) is 6.84. The van der Waals surface area contributed by atoms with Crippen LogP contribution in [0.2, 0.25) is 0 Å². The Balaban J connectivity index is 1.96. The van der Waals surface area contributed by atoms with Gasteiger partial charge in [0.05, 0.1) is 4.47 Å². The Kier molecular flexibility index (Phi) is 5.14. The van der Waals surface area contributed by atoms with Crippen LogP contribution in [0.15, 0.2) is 52.0 Å². The lowest BCUT2D eigenvalue weighted by Crippen LogP contribution is -2.12. The average Bonchev–Trinajstić information content (AvgIpc) is 2.59. The van der Waals surface area contributed by atoms with Gasteiger partial charge >= 0.3 is 0 Å². The van der Waals surface area contributed by atoms with E-state index in [1.165, 1.54) is 0 Å². The molecule has 0 unspecified atom stereocenters. The second kappa shape index (κ2) is 7.32. The number of aromatic hydroxyl groups is 2. The van der Waals surface area contributed by atoms with Gasteiger partial charge in [0, 0.05) is 22.3 Å². The maximum absolute atomic E-state index is 12.8. The number of halogens is 1. The first-order valence-electron chi connectivity index (χ1n) is 7.98. The summed E-state index contributed by atoms with van der Waals surface area (Å²) < 4.78 is 0.588. The largest absolute Gasteiger partial charge is 0.508 e. The summed E-state index contributed by atoms with van der Waals surface area (Å²) in [7, 11) is 5.71. The number of hydrogen-bond acceptors (Lipinski definition) is 3. The molecule has 0 spiro atoms. The van der Waals surface area contributed by atoms with Gasteiger partial charge in [0.2, 0.25) is 0 Å². The molecule has 1 saturated carbocycles. The molecular formula is C20H16BBrO3. The first-order chi connectivity index (χ1) is 12.0. The fraction of sp³-hybridized carbons (Fsp3) is 0.150. The van der Waals surface area contributed by atoms with Crippen LogP contribution in [0.4, 0.5) is 0 Å². The molecule has 0 saturated heterocycles. The molecule has 0 amide bonds. The molecule has 2 aromatic carbocycles. The number of carbonyl (C=O) groups is 1. The number of carbonyl (C=O) groups excluding carboxylic acids is 1. The third kappa shape index (κ3) is 3.71. The van der Waals surface area contributed by atoms with Gasteiger partial charge in [0.15, 0.2) is 5.78 Å². The highest BCUT2D eigenvalue weighted by atomic mass is 79.9. The monoisotopic (exact) mass is 394 g/mol. The summed E-state index contributed by atoms with van der Waals surface area (Å²) in [5, 5.41) is 20.2. The number of Topliss-reactive ketones (excluding diaryl/α,β-unsaturated/α-hetero) is 1. The van der Waals surface area contributed by atoms with Crippen LogP contribution < -0.4 is 5.46 Å². The van der Waals surface area contributed by atoms with Gasteiger partial charge in [0.1, 0.15) is 19.3 Å². The molecule has 3 rings (SSSR count). The summed E-state index contributed by atoms with van der Waals surface area (Å²) in [5.41, 5.74) is 2.70. The van der Waals surface area contributed by atoms with Crippen molar-refractivity contribution in [3.8, 4) is 11.5 Å². The van der Waals surface area contributed by atoms with E-state index in [1.807, 2.05) is 6.07 Å². The van der Waals surface area contributed by atoms with Crippen LogP contribution in [-0.4, -0.2) is 23.8 Å². The fourth-order valence-corrected chi connectivity index (χ4v) is 3.28. The highest BCUT2D eigenvalue weighted by Gasteiger charge is 2.21. The highest BCUT2D eigenvalue weighted by Crippen LogP contribution is 2.33. The normalized spacial score (nSPS) is 18.0. The number of phenols is 2. The van der Waals surface area contributed by atoms with Crippen LogP contribution in [0.5, 0.6) is 11.5 Å². The smallest absolute Gasteiger partial charge is 0.185 e. The van der Waals surface area contributed by atoms with Crippen LogP contribution in [0.25, 0.3) is 12.2 Å². The van der Waals surface area contributed by atoms with Crippen LogP contribution in [0.3, 0.4) is 0 Å². The number of phenolic OH excluding ortho intramolecular Hbond substituents is 2. The first kappa shape index (κ1) is 17.6. The molecule has 2 N–H and O–H groups in total. The minimum Gasteiger partial charge on any atom is -0.508 e. The maximum atomic E-state index is 12.8. The lowest BCUT2D eigenvalue weighted by Gasteiger charge is -2.17. The van der Waals surface area contributed by atoms with Crippen molar-refractivity contribution in [3.63, 3.8) is 0 Å². The summed E-state index contributed by atoms with van der Waals surface area (Å²) in [6.45, 7) is 0. The Labute approximate surface area is 156 Å². The van der Waals surface area contributed by atoms with Crippen molar-refractivity contribution in [1.82, 2.24) is 0 Å². The van der Waals surface area contributed by atoms with E-state index in [0.717, 1.165) is 6.42 Å². The van der Waals surface area contributed by atoms with Crippen LogP contribution in [0, 0.1) is 0 Å². The van der Waals surface area contributed by atoms with E-state index in [9.17, 15) is 15.0 Å². The van der Waals surface area contributed by atoms with Gasteiger partial charge in [-0.25, -0.2) is 0 Å². The molecule has 1 fully saturated rings. The second-order valence-electron chi connectivity index (χ2n) is 5.98. The molecule has 1 aliphatic rings. The van der Waals surface area contributed by atoms with Gasteiger partial charge in [-0.15, -0.1) is 0 Å². The number of hydrogen-bond donors (Lipinski definition) is 2. The zero-order chi connectivity index (χ0) is 18.0. The Morgan fingerprint density at radius 2 is 1.48 bits per heavy atom. The summed E-state index contributed by atoms with van der Waals surface area (Å²) in [5.74, 6) is 0.0448. The molecule has 0 aliphatic heterocycles. The van der Waals surface area contributed by atoms with Crippen molar-refractivity contribution in [2.24, 2.45) is 0 Å². The van der Waals surface area contributed by atoms with Crippen molar-refractivity contribution in [3.05, 3.63) is 63.1 Å². The molecule has 0 atom stereocenters. The van der Waals surface area contributed by atoms with Gasteiger partial charge in [-0.1, -0.05) is 35.8 Å². The number of allylic oxidation sites excluding steroid dienone is 2. The Morgan fingerprint density at radius 3 is 2.12 bits per heavy atom. The Bertz CT molecular complexity index is 828. The minimum absolute atomic E-state index is 0.0106. The molecule has 25 heavy (non-hydrogen) atoms. The van der Waals surface area contributed by atoms with Gasteiger partial charge in [-0.2, -0.15) is 0 Å². The molecule has 2 aromatic rings. The van der Waals surface area contributed by atoms with E-state index in [0.29, 0.717) is 39.6 Å². The number of rotatable bonds is 2. The van der Waals surface area contributed by atoms with Crippen LogP contribution in [-0.2, 0) is 4.79 Å². The molecule has 0 bridgehead atoms. The van der Waals surface area contributed by atoms with Crippen LogP contribution in [0.1, 0.15) is 30.4 Å². The third-order valence-corrected chi connectivity index (χ3v) is 4.89. The molecule has 5 heteroatoms. The highest BCUT2D eigenvalue weighted by molar-refractivity contribution is 9.10. The summed E-state index contributed by atoms with van der Waals surface area (Å²) in [6, 6.07) is 10.4. The van der Waals surface area contributed by atoms with E-state index in [1.54, 1.807) is 42.5 Å². The predicted molar refractivity (Wildman–Crippen MR) is 104 cm³/mol. The summed E-state index contributed by atoms with van der Waals surface area (Å²) in [6.07, 6.45) is 5.57. The number of benzene rings is 2. The van der Waals surface area contributed by atoms with E-state index in [-0.39, 0.29) is 22.7 Å². The lowest BCUT2D eigenvalue weighted by molar-refractivity contribution is -0.112. The molecular weight excluding hydrogens is 379 g/mol. The van der Waals surface area contributed by atoms with E-state index >= 15 is 0 Å². The molecule has 3 nitrogen and oxygen atoms in total. The fourth-order valence-electron chi connectivity index (χ4n) is 2.90. The number of para-hydroxylation sites is 2. The Morgan fingerprint density at radius 1 is 0.920 bits per heavy atom. The topological polar surface area (TPSA) is 57.5 Å². The molecule has 0 heterocycles. The van der Waals surface area contributed by atoms with Crippen molar-refractivity contribution >= 4 is 47.2 Å². The molecule has 2 radical (unpaired) electrons. The lowest BCUT2D eigenvalue weighted by atomic mass is 9.85. The number of ketones is 1. The quantitative estimate of drug-likeness (QED) is 0.600. The third-order valence-electron chi connectivity index (χ3n) is 4.25. The van der Waals surface area contributed by atoms with Crippen LogP contribution >= 0.6 is 15.9 Å². The summed E-state index contributed by atoms with van der Waals surface area (Å²) in [4.78, 5) is 12.8. The van der Waals surface area contributed by atoms with Crippen molar-refractivity contribution in [2.45, 2.75) is 19.3 Å². The zero-order valence-corrected chi connectivity index (χ0v) is 15.1. The molecule has 124 valence electrons. The van der Waals surface area contributed by atoms with Gasteiger partial charge in [-0.05, 0) is 53.4 Å². The Hall–Kier alpha value is -2.27. The zero-order valence-electron chi connectivity index (χ0n) is 13.5. The SMILES string of the molecule is [B]c1cccc(/C=C2\CCC/C(=C\c3cccc(Br)c3O)C2=O)c1O. The standard InChI is InChI=1S/C20H16BBrO3/c21-16-8-2-6-14(19(16)24)10-12-4-1-5-13(18(12)23)11-15-7-3-9-17(22)20(15)25/h2-3,6-11,24-25H,1,4-5H2/b12-10+,13-11+. The van der Waals surface area contributed by atoms with Crippen molar-refractivity contribution in [2.75, 3.05) is 0 Å². The van der Waals surface area contributed by atoms with Gasteiger partial charge < -0.3 is 10.2 Å².